The van der Waals surface area contributed by atoms with E-state index in [1.807, 2.05) is 6.07 Å². The Balaban J connectivity index is 2.01. The number of hydrogen-bond acceptors (Lipinski definition) is 3. The van der Waals surface area contributed by atoms with E-state index in [0.717, 1.165) is 12.0 Å². The molecule has 1 saturated carbocycles. The summed E-state index contributed by atoms with van der Waals surface area (Å²) in [5.41, 5.74) is 0.738. The van der Waals surface area contributed by atoms with E-state index in [-0.39, 0.29) is 11.5 Å². The lowest BCUT2D eigenvalue weighted by Crippen LogP contribution is -2.28. The Bertz CT molecular complexity index is 630. The summed E-state index contributed by atoms with van der Waals surface area (Å²) in [4.78, 5) is 23.7. The van der Waals surface area contributed by atoms with Crippen LogP contribution in [0.3, 0.4) is 0 Å². The molecule has 2 atom stereocenters. The quantitative estimate of drug-likeness (QED) is 0.877. The molecule has 1 fully saturated rings. The zero-order valence-corrected chi connectivity index (χ0v) is 12.4. The highest BCUT2D eigenvalue weighted by Gasteiger charge is 2.45. The number of hydrogen-bond donors (Lipinski definition) is 2. The maximum absolute atomic E-state index is 12.1. The molecule has 0 aromatic heterocycles. The first-order chi connectivity index (χ1) is 9.79. The lowest BCUT2D eigenvalue weighted by Gasteiger charge is -2.23. The van der Waals surface area contributed by atoms with Gasteiger partial charge in [-0.05, 0) is 24.0 Å². The molecule has 5 nitrogen and oxygen atoms in total. The molecule has 3 rings (SSSR count). The van der Waals surface area contributed by atoms with Crippen molar-refractivity contribution in [2.75, 3.05) is 11.9 Å². The fourth-order valence-electron chi connectivity index (χ4n) is 2.68. The first kappa shape index (κ1) is 13.9. The number of benzene rings is 1. The second-order valence-corrected chi connectivity index (χ2v) is 6.83. The molecule has 1 aliphatic heterocycles. The predicted octanol–water partition coefficient (Wildman–Crippen LogP) is 2.87. The van der Waals surface area contributed by atoms with Crippen LogP contribution in [-0.2, 0) is 4.79 Å². The van der Waals surface area contributed by atoms with Crippen LogP contribution in [-0.4, -0.2) is 23.6 Å². The standard InChI is InChI=1S/C16H19NO4/c1-16(2,3)15(20)17-11-5-4-9-10-6-8(10)7-21-13(9)12(11)14(18)19/h4-5,8,10H,6-7H2,1-3H3,(H,17,20)(H,18,19). The van der Waals surface area contributed by atoms with Gasteiger partial charge in [0.15, 0.2) is 0 Å². The highest BCUT2D eigenvalue weighted by Crippen LogP contribution is 2.55. The number of carboxylic acid groups (broad SMARTS) is 1. The number of anilines is 1. The fraction of sp³-hybridized carbons (Fsp3) is 0.500. The summed E-state index contributed by atoms with van der Waals surface area (Å²) in [5.74, 6) is 0.0709. The number of amides is 1. The Morgan fingerprint density at radius 3 is 2.67 bits per heavy atom. The van der Waals surface area contributed by atoms with Gasteiger partial charge in [0.25, 0.3) is 0 Å². The normalized spacial score (nSPS) is 22.6. The number of rotatable bonds is 2. The number of fused-ring (bicyclic) bond motifs is 3. The van der Waals surface area contributed by atoms with Gasteiger partial charge in [-0.25, -0.2) is 4.79 Å². The van der Waals surface area contributed by atoms with Gasteiger partial charge in [-0.2, -0.15) is 0 Å². The van der Waals surface area contributed by atoms with Crippen molar-refractivity contribution in [1.82, 2.24) is 0 Å². The van der Waals surface area contributed by atoms with Crippen LogP contribution < -0.4 is 10.1 Å². The maximum atomic E-state index is 12.1. The second kappa shape index (κ2) is 4.48. The van der Waals surface area contributed by atoms with Gasteiger partial charge in [-0.15, -0.1) is 0 Å². The number of carboxylic acids is 1. The molecule has 1 heterocycles. The maximum Gasteiger partial charge on any atom is 0.341 e. The van der Waals surface area contributed by atoms with Crippen molar-refractivity contribution in [2.45, 2.75) is 33.1 Å². The monoisotopic (exact) mass is 289 g/mol. The SMILES string of the molecule is CC(C)(C)C(=O)Nc1ccc2c(c1C(=O)O)OCC1CC21. The minimum absolute atomic E-state index is 0.0652. The van der Waals surface area contributed by atoms with Gasteiger partial charge in [0.1, 0.15) is 11.3 Å². The second-order valence-electron chi connectivity index (χ2n) is 6.83. The highest BCUT2D eigenvalue weighted by atomic mass is 16.5. The number of carbonyl (C=O) groups is 2. The highest BCUT2D eigenvalue weighted by molar-refractivity contribution is 6.04. The summed E-state index contributed by atoms with van der Waals surface area (Å²) >= 11 is 0. The van der Waals surface area contributed by atoms with Crippen LogP contribution in [0.15, 0.2) is 12.1 Å². The Kier molecular flexibility index (Phi) is 2.97. The molecule has 2 aliphatic rings. The van der Waals surface area contributed by atoms with Gasteiger partial charge in [-0.3, -0.25) is 4.79 Å². The van der Waals surface area contributed by atoms with E-state index < -0.39 is 11.4 Å². The van der Waals surface area contributed by atoms with Gasteiger partial charge < -0.3 is 15.2 Å². The Hall–Kier alpha value is -2.04. The van der Waals surface area contributed by atoms with Crippen molar-refractivity contribution in [3.63, 3.8) is 0 Å². The van der Waals surface area contributed by atoms with Crippen LogP contribution >= 0.6 is 0 Å². The minimum Gasteiger partial charge on any atom is -0.492 e. The van der Waals surface area contributed by atoms with Gasteiger partial charge in [0, 0.05) is 11.3 Å². The third-order valence-electron chi connectivity index (χ3n) is 4.10. The lowest BCUT2D eigenvalue weighted by atomic mass is 9.94. The summed E-state index contributed by atoms with van der Waals surface area (Å²) in [5, 5.41) is 12.2. The zero-order chi connectivity index (χ0) is 15.4. The Labute approximate surface area is 123 Å². The van der Waals surface area contributed by atoms with Crippen molar-refractivity contribution in [2.24, 2.45) is 11.3 Å². The molecule has 1 aromatic carbocycles. The molecule has 1 aromatic rings. The van der Waals surface area contributed by atoms with E-state index in [1.54, 1.807) is 26.8 Å². The summed E-state index contributed by atoms with van der Waals surface area (Å²) < 4.78 is 5.65. The molecule has 0 saturated heterocycles. The number of ether oxygens (including phenoxy) is 1. The molecule has 112 valence electrons. The van der Waals surface area contributed by atoms with Crippen LogP contribution in [0.2, 0.25) is 0 Å². The van der Waals surface area contributed by atoms with Crippen LogP contribution in [0.4, 0.5) is 5.69 Å². The summed E-state index contributed by atoms with van der Waals surface area (Å²) in [7, 11) is 0. The average Bonchev–Trinajstić information content (AvgIpc) is 3.15. The van der Waals surface area contributed by atoms with E-state index in [9.17, 15) is 14.7 Å². The molecule has 2 N–H and O–H groups in total. The van der Waals surface area contributed by atoms with Crippen LogP contribution in [0.1, 0.15) is 49.0 Å². The van der Waals surface area contributed by atoms with Crippen molar-refractivity contribution >= 4 is 17.6 Å². The predicted molar refractivity (Wildman–Crippen MR) is 77.8 cm³/mol. The molecule has 5 heteroatoms. The van der Waals surface area contributed by atoms with Crippen molar-refractivity contribution in [1.29, 1.82) is 0 Å². The summed E-state index contributed by atoms with van der Waals surface area (Å²) in [6.45, 7) is 5.92. The third-order valence-corrected chi connectivity index (χ3v) is 4.10. The number of nitrogens with one attached hydrogen (secondary N) is 1. The van der Waals surface area contributed by atoms with Crippen molar-refractivity contribution < 1.29 is 19.4 Å². The van der Waals surface area contributed by atoms with E-state index in [1.165, 1.54) is 0 Å². The van der Waals surface area contributed by atoms with E-state index >= 15 is 0 Å². The van der Waals surface area contributed by atoms with Crippen LogP contribution in [0.25, 0.3) is 0 Å². The first-order valence-electron chi connectivity index (χ1n) is 7.13. The molecule has 1 aliphatic carbocycles. The van der Waals surface area contributed by atoms with Crippen LogP contribution in [0, 0.1) is 11.3 Å². The molecule has 21 heavy (non-hydrogen) atoms. The van der Waals surface area contributed by atoms with Crippen molar-refractivity contribution in [3.05, 3.63) is 23.3 Å². The molecule has 0 radical (unpaired) electrons. The third kappa shape index (κ3) is 2.37. The molecule has 0 spiro atoms. The molecular formula is C16H19NO4. The van der Waals surface area contributed by atoms with E-state index in [4.69, 9.17) is 4.74 Å². The zero-order valence-electron chi connectivity index (χ0n) is 12.4. The molecule has 1 amide bonds. The number of carbonyl (C=O) groups excluding carboxylic acids is 1. The smallest absolute Gasteiger partial charge is 0.341 e. The molecule has 0 bridgehead atoms. The summed E-state index contributed by atoms with van der Waals surface area (Å²) in [6.07, 6.45) is 1.06. The van der Waals surface area contributed by atoms with E-state index in [0.29, 0.717) is 29.9 Å². The van der Waals surface area contributed by atoms with Crippen molar-refractivity contribution in [3.8, 4) is 5.75 Å². The largest absolute Gasteiger partial charge is 0.492 e. The molecule has 2 unspecified atom stereocenters. The minimum atomic E-state index is -1.07. The van der Waals surface area contributed by atoms with Gasteiger partial charge in [0.05, 0.1) is 12.3 Å². The van der Waals surface area contributed by atoms with Gasteiger partial charge >= 0.3 is 5.97 Å². The first-order valence-corrected chi connectivity index (χ1v) is 7.13. The summed E-state index contributed by atoms with van der Waals surface area (Å²) in [6, 6.07) is 3.56. The van der Waals surface area contributed by atoms with Gasteiger partial charge in [0.2, 0.25) is 5.91 Å². The Morgan fingerprint density at radius 2 is 2.05 bits per heavy atom. The van der Waals surface area contributed by atoms with E-state index in [2.05, 4.69) is 5.32 Å². The van der Waals surface area contributed by atoms with Gasteiger partial charge in [-0.1, -0.05) is 26.8 Å². The number of aromatic carboxylic acids is 1. The lowest BCUT2D eigenvalue weighted by molar-refractivity contribution is -0.123. The Morgan fingerprint density at radius 1 is 1.33 bits per heavy atom. The topological polar surface area (TPSA) is 75.6 Å². The average molecular weight is 289 g/mol. The van der Waals surface area contributed by atoms with Crippen LogP contribution in [0.5, 0.6) is 5.75 Å². The fourth-order valence-corrected chi connectivity index (χ4v) is 2.68. The molecular weight excluding hydrogens is 270 g/mol.